The predicted octanol–water partition coefficient (Wildman–Crippen LogP) is 3.65. The smallest absolute Gasteiger partial charge is 0.240 e. The van der Waals surface area contributed by atoms with Gasteiger partial charge in [-0.05, 0) is 42.7 Å². The fraction of sp³-hybridized carbons (Fsp3) is 0.333. The number of fused-ring (bicyclic) bond motifs is 1. The highest BCUT2D eigenvalue weighted by atomic mass is 35.5. The molecule has 2 heterocycles. The van der Waals surface area contributed by atoms with Crippen molar-refractivity contribution in [2.75, 3.05) is 11.4 Å². The quantitative estimate of drug-likeness (QED) is 0.857. The van der Waals surface area contributed by atoms with Crippen LogP contribution in [0.5, 0.6) is 0 Å². The maximum absolute atomic E-state index is 13.0. The molecule has 0 spiro atoms. The van der Waals surface area contributed by atoms with Gasteiger partial charge in [-0.3, -0.25) is 14.5 Å². The summed E-state index contributed by atoms with van der Waals surface area (Å²) in [6.45, 7) is -0.0578. The monoisotopic (exact) mass is 396 g/mol. The Morgan fingerprint density at radius 3 is 2.82 bits per heavy atom. The lowest BCUT2D eigenvalue weighted by Crippen LogP contribution is -2.44. The number of carbonyl (C=O) groups excluding carboxylic acids is 2. The number of carbonyl (C=O) groups is 2. The first-order valence-corrected chi connectivity index (χ1v) is 9.86. The summed E-state index contributed by atoms with van der Waals surface area (Å²) >= 11 is 6.10. The van der Waals surface area contributed by atoms with Crippen molar-refractivity contribution in [1.82, 2.24) is 10.3 Å². The van der Waals surface area contributed by atoms with Gasteiger partial charge in [-0.15, -0.1) is 0 Å². The van der Waals surface area contributed by atoms with Crippen molar-refractivity contribution in [3.8, 4) is 0 Å². The third-order valence-electron chi connectivity index (χ3n) is 5.08. The molecular weight excluding hydrogens is 376 g/mol. The standard InChI is InChI=1S/C21H21ClN4O2/c22-15-6-3-5-14(11-15)18-12-20(28)26(21-17(25-18)9-4-10-23-21)13-19(27)24-16-7-1-2-8-16/h3-6,9-11,16H,1-2,7-8,12-13H2,(H,24,27). The summed E-state index contributed by atoms with van der Waals surface area (Å²) < 4.78 is 0. The van der Waals surface area contributed by atoms with Crippen molar-refractivity contribution >= 4 is 40.6 Å². The number of nitrogens with one attached hydrogen (secondary N) is 1. The van der Waals surface area contributed by atoms with Crippen molar-refractivity contribution in [2.24, 2.45) is 4.99 Å². The van der Waals surface area contributed by atoms with Gasteiger partial charge in [-0.2, -0.15) is 0 Å². The number of amides is 2. The SMILES string of the molecule is O=C(CN1C(=O)CC(c2cccc(Cl)c2)=Nc2cccnc21)NC1CCCC1. The molecule has 1 aromatic carbocycles. The van der Waals surface area contributed by atoms with Crippen LogP contribution in [0.1, 0.15) is 37.7 Å². The highest BCUT2D eigenvalue weighted by molar-refractivity contribution is 6.31. The molecule has 0 unspecified atom stereocenters. The van der Waals surface area contributed by atoms with Gasteiger partial charge >= 0.3 is 0 Å². The molecule has 0 bridgehead atoms. The van der Waals surface area contributed by atoms with Gasteiger partial charge in [0.1, 0.15) is 12.2 Å². The Morgan fingerprint density at radius 1 is 1.21 bits per heavy atom. The van der Waals surface area contributed by atoms with E-state index in [1.54, 1.807) is 30.5 Å². The number of halogens is 1. The van der Waals surface area contributed by atoms with Crippen molar-refractivity contribution in [1.29, 1.82) is 0 Å². The van der Waals surface area contributed by atoms with E-state index in [1.165, 1.54) is 4.90 Å². The maximum Gasteiger partial charge on any atom is 0.240 e. The van der Waals surface area contributed by atoms with E-state index < -0.39 is 0 Å². The zero-order valence-electron chi connectivity index (χ0n) is 15.4. The summed E-state index contributed by atoms with van der Waals surface area (Å²) in [6, 6.07) is 11.0. The van der Waals surface area contributed by atoms with Gasteiger partial charge in [-0.25, -0.2) is 9.98 Å². The number of anilines is 1. The van der Waals surface area contributed by atoms with Gasteiger partial charge in [0.25, 0.3) is 0 Å². The average molecular weight is 397 g/mol. The first kappa shape index (κ1) is 18.6. The van der Waals surface area contributed by atoms with Gasteiger partial charge in [0.2, 0.25) is 11.8 Å². The summed E-state index contributed by atoms with van der Waals surface area (Å²) in [6.07, 6.45) is 5.94. The van der Waals surface area contributed by atoms with Crippen molar-refractivity contribution < 1.29 is 9.59 Å². The molecule has 1 saturated carbocycles. The van der Waals surface area contributed by atoms with Crippen molar-refractivity contribution in [2.45, 2.75) is 38.1 Å². The van der Waals surface area contributed by atoms with E-state index in [2.05, 4.69) is 15.3 Å². The molecule has 28 heavy (non-hydrogen) atoms. The molecule has 2 aromatic rings. The molecule has 1 aromatic heterocycles. The molecule has 0 saturated heterocycles. The van der Waals surface area contributed by atoms with Crippen LogP contribution >= 0.6 is 11.6 Å². The summed E-state index contributed by atoms with van der Waals surface area (Å²) in [5, 5.41) is 3.61. The minimum atomic E-state index is -0.210. The summed E-state index contributed by atoms with van der Waals surface area (Å²) in [5.41, 5.74) is 1.96. The highest BCUT2D eigenvalue weighted by Crippen LogP contribution is 2.31. The van der Waals surface area contributed by atoms with Crippen LogP contribution in [0.2, 0.25) is 5.02 Å². The number of rotatable bonds is 4. The van der Waals surface area contributed by atoms with E-state index in [0.29, 0.717) is 22.2 Å². The Kier molecular flexibility index (Phi) is 5.39. The lowest BCUT2D eigenvalue weighted by atomic mass is 10.1. The molecule has 2 amide bonds. The normalized spacial score (nSPS) is 17.1. The molecule has 1 fully saturated rings. The number of hydrogen-bond acceptors (Lipinski definition) is 4. The molecule has 1 aliphatic carbocycles. The molecule has 1 aliphatic heterocycles. The van der Waals surface area contributed by atoms with Crippen LogP contribution in [-0.2, 0) is 9.59 Å². The largest absolute Gasteiger partial charge is 0.352 e. The van der Waals surface area contributed by atoms with Crippen LogP contribution < -0.4 is 10.2 Å². The van der Waals surface area contributed by atoms with E-state index >= 15 is 0 Å². The first-order chi connectivity index (χ1) is 13.6. The summed E-state index contributed by atoms with van der Waals surface area (Å²) in [5.74, 6) is 0.0342. The summed E-state index contributed by atoms with van der Waals surface area (Å²) in [7, 11) is 0. The number of benzene rings is 1. The Balaban J connectivity index is 1.61. The highest BCUT2D eigenvalue weighted by Gasteiger charge is 2.28. The van der Waals surface area contributed by atoms with E-state index in [0.717, 1.165) is 31.2 Å². The van der Waals surface area contributed by atoms with Crippen LogP contribution in [0, 0.1) is 0 Å². The Hall–Kier alpha value is -2.73. The third kappa shape index (κ3) is 4.07. The third-order valence-corrected chi connectivity index (χ3v) is 5.31. The van der Waals surface area contributed by atoms with Gasteiger partial charge in [0.05, 0.1) is 12.1 Å². The van der Waals surface area contributed by atoms with Crippen LogP contribution in [0.15, 0.2) is 47.6 Å². The molecule has 0 atom stereocenters. The molecule has 1 N–H and O–H groups in total. The predicted molar refractivity (Wildman–Crippen MR) is 109 cm³/mol. The Labute approximate surface area is 168 Å². The number of pyridine rings is 1. The molecule has 0 radical (unpaired) electrons. The second kappa shape index (κ2) is 8.10. The maximum atomic E-state index is 13.0. The van der Waals surface area contributed by atoms with Crippen molar-refractivity contribution in [3.05, 3.63) is 53.2 Å². The number of nitrogens with zero attached hydrogens (tertiary/aromatic N) is 3. The van der Waals surface area contributed by atoms with E-state index in [1.807, 2.05) is 12.1 Å². The Bertz CT molecular complexity index is 938. The minimum absolute atomic E-state index is 0.0578. The van der Waals surface area contributed by atoms with Gasteiger partial charge in [0.15, 0.2) is 5.82 Å². The zero-order chi connectivity index (χ0) is 19.5. The number of hydrogen-bond donors (Lipinski definition) is 1. The van der Waals surface area contributed by atoms with Crippen molar-refractivity contribution in [3.63, 3.8) is 0 Å². The molecule has 4 rings (SSSR count). The minimum Gasteiger partial charge on any atom is -0.352 e. The lowest BCUT2D eigenvalue weighted by Gasteiger charge is -2.22. The zero-order valence-corrected chi connectivity index (χ0v) is 16.2. The van der Waals surface area contributed by atoms with Crippen LogP contribution in [0.4, 0.5) is 11.5 Å². The lowest BCUT2D eigenvalue weighted by molar-refractivity contribution is -0.123. The van der Waals surface area contributed by atoms with E-state index in [9.17, 15) is 9.59 Å². The van der Waals surface area contributed by atoms with Crippen LogP contribution in [0.3, 0.4) is 0 Å². The molecule has 2 aliphatic rings. The van der Waals surface area contributed by atoms with Crippen LogP contribution in [0.25, 0.3) is 0 Å². The molecule has 7 heteroatoms. The molecular formula is C21H21ClN4O2. The van der Waals surface area contributed by atoms with Gasteiger partial charge in [-0.1, -0.05) is 36.6 Å². The van der Waals surface area contributed by atoms with Gasteiger partial charge in [0, 0.05) is 17.3 Å². The fourth-order valence-electron chi connectivity index (χ4n) is 3.71. The number of aromatic nitrogens is 1. The average Bonchev–Trinajstić information content (AvgIpc) is 3.14. The Morgan fingerprint density at radius 2 is 2.04 bits per heavy atom. The second-order valence-electron chi connectivity index (χ2n) is 7.12. The second-order valence-corrected chi connectivity index (χ2v) is 7.56. The fourth-order valence-corrected chi connectivity index (χ4v) is 3.90. The van der Waals surface area contributed by atoms with E-state index in [-0.39, 0.29) is 30.8 Å². The van der Waals surface area contributed by atoms with E-state index in [4.69, 9.17) is 11.6 Å². The molecule has 6 nitrogen and oxygen atoms in total. The van der Waals surface area contributed by atoms with Crippen LogP contribution in [-0.4, -0.2) is 35.1 Å². The summed E-state index contributed by atoms with van der Waals surface area (Å²) in [4.78, 5) is 36.0. The topological polar surface area (TPSA) is 74.7 Å². The first-order valence-electron chi connectivity index (χ1n) is 9.48. The molecule has 144 valence electrons. The number of aliphatic imine (C=N–C) groups is 1. The van der Waals surface area contributed by atoms with Gasteiger partial charge < -0.3 is 5.32 Å².